The summed E-state index contributed by atoms with van der Waals surface area (Å²) in [6.45, 7) is 2.03. The van der Waals surface area contributed by atoms with Gasteiger partial charge in [-0.15, -0.1) is 0 Å². The minimum absolute atomic E-state index is 0.552. The third-order valence-corrected chi connectivity index (χ3v) is 4.35. The second-order valence-corrected chi connectivity index (χ2v) is 5.21. The highest BCUT2D eigenvalue weighted by Crippen LogP contribution is 2.43. The van der Waals surface area contributed by atoms with Crippen molar-refractivity contribution in [3.05, 3.63) is 0 Å². The smallest absolute Gasteiger partial charge is 0.0613 e. The third-order valence-electron chi connectivity index (χ3n) is 2.72. The van der Waals surface area contributed by atoms with Crippen molar-refractivity contribution in [1.82, 2.24) is 0 Å². The van der Waals surface area contributed by atoms with E-state index in [2.05, 4.69) is 11.8 Å². The molecule has 0 bridgehead atoms. The lowest BCUT2D eigenvalue weighted by Crippen LogP contribution is -2.25. The van der Waals surface area contributed by atoms with Crippen LogP contribution in [0, 0.1) is 0 Å². The zero-order chi connectivity index (χ0) is 7.57. The summed E-state index contributed by atoms with van der Waals surface area (Å²) >= 11 is 2.15. The second kappa shape index (κ2) is 3.36. The fourth-order valence-electron chi connectivity index (χ4n) is 2.05. The van der Waals surface area contributed by atoms with E-state index in [1.165, 1.54) is 37.9 Å². The van der Waals surface area contributed by atoms with E-state index in [1.807, 2.05) is 0 Å². The van der Waals surface area contributed by atoms with E-state index in [9.17, 15) is 0 Å². The highest BCUT2D eigenvalue weighted by atomic mass is 32.2. The van der Waals surface area contributed by atoms with Crippen molar-refractivity contribution in [2.75, 3.05) is 19.0 Å². The largest absolute Gasteiger partial charge is 0.380 e. The van der Waals surface area contributed by atoms with Crippen LogP contribution >= 0.6 is 11.8 Å². The van der Waals surface area contributed by atoms with Gasteiger partial charge in [0.15, 0.2) is 0 Å². The van der Waals surface area contributed by atoms with E-state index in [-0.39, 0.29) is 0 Å². The van der Waals surface area contributed by atoms with Gasteiger partial charge in [0.2, 0.25) is 0 Å². The summed E-state index contributed by atoms with van der Waals surface area (Å²) in [5.41, 5.74) is 0. The van der Waals surface area contributed by atoms with Crippen molar-refractivity contribution in [3.63, 3.8) is 0 Å². The molecule has 1 nitrogen and oxygen atoms in total. The van der Waals surface area contributed by atoms with Gasteiger partial charge in [-0.1, -0.05) is 0 Å². The quantitative estimate of drug-likeness (QED) is 0.555. The number of rotatable bonds is 0. The monoisotopic (exact) mass is 172 g/mol. The van der Waals surface area contributed by atoms with E-state index in [4.69, 9.17) is 4.74 Å². The Morgan fingerprint density at radius 3 is 2.82 bits per heavy atom. The van der Waals surface area contributed by atoms with Crippen molar-refractivity contribution in [3.8, 4) is 0 Å². The summed E-state index contributed by atoms with van der Waals surface area (Å²) in [5, 5.41) is 0. The van der Waals surface area contributed by atoms with Gasteiger partial charge >= 0.3 is 0 Å². The third kappa shape index (κ3) is 1.73. The van der Waals surface area contributed by atoms with Crippen molar-refractivity contribution in [2.45, 2.75) is 36.9 Å². The SMILES string of the molecule is C1CCC2(CCCS2)COC1. The van der Waals surface area contributed by atoms with Crippen LogP contribution in [0.1, 0.15) is 32.1 Å². The molecule has 0 aromatic carbocycles. The highest BCUT2D eigenvalue weighted by Gasteiger charge is 2.35. The van der Waals surface area contributed by atoms with Crippen LogP contribution in [-0.2, 0) is 4.74 Å². The summed E-state index contributed by atoms with van der Waals surface area (Å²) in [6, 6.07) is 0. The van der Waals surface area contributed by atoms with Crippen LogP contribution in [0.2, 0.25) is 0 Å². The van der Waals surface area contributed by atoms with Gasteiger partial charge in [-0.25, -0.2) is 0 Å². The minimum atomic E-state index is 0.552. The predicted molar refractivity (Wildman–Crippen MR) is 49.1 cm³/mol. The van der Waals surface area contributed by atoms with Crippen LogP contribution in [0.25, 0.3) is 0 Å². The van der Waals surface area contributed by atoms with Crippen LogP contribution in [0.4, 0.5) is 0 Å². The first-order valence-electron chi connectivity index (χ1n) is 4.63. The van der Waals surface area contributed by atoms with Crippen molar-refractivity contribution < 1.29 is 4.74 Å². The Morgan fingerprint density at radius 1 is 1.09 bits per heavy atom. The van der Waals surface area contributed by atoms with E-state index in [0.29, 0.717) is 4.75 Å². The predicted octanol–water partition coefficient (Wildman–Crippen LogP) is 2.45. The Hall–Kier alpha value is 0.310. The zero-order valence-electron chi connectivity index (χ0n) is 6.97. The number of thioether (sulfide) groups is 1. The van der Waals surface area contributed by atoms with Gasteiger partial charge in [-0.2, -0.15) is 11.8 Å². The summed E-state index contributed by atoms with van der Waals surface area (Å²) in [7, 11) is 0. The summed E-state index contributed by atoms with van der Waals surface area (Å²) in [4.78, 5) is 0. The zero-order valence-corrected chi connectivity index (χ0v) is 7.79. The molecular formula is C9H16OS. The summed E-state index contributed by atoms with van der Waals surface area (Å²) < 4.78 is 6.16. The molecule has 2 aliphatic rings. The Labute approximate surface area is 72.9 Å². The number of hydrogen-bond acceptors (Lipinski definition) is 2. The van der Waals surface area contributed by atoms with Gasteiger partial charge in [0, 0.05) is 11.4 Å². The number of hydrogen-bond donors (Lipinski definition) is 0. The van der Waals surface area contributed by atoms with E-state index >= 15 is 0 Å². The van der Waals surface area contributed by atoms with Gasteiger partial charge in [0.05, 0.1) is 6.61 Å². The van der Waals surface area contributed by atoms with Gasteiger partial charge < -0.3 is 4.74 Å². The fourth-order valence-corrected chi connectivity index (χ4v) is 3.51. The van der Waals surface area contributed by atoms with E-state index in [0.717, 1.165) is 13.2 Å². The average Bonchev–Trinajstić information content (AvgIpc) is 2.32. The average molecular weight is 172 g/mol. The van der Waals surface area contributed by atoms with Crippen molar-refractivity contribution in [1.29, 1.82) is 0 Å². The molecule has 0 aromatic heterocycles. The maximum atomic E-state index is 5.61. The minimum Gasteiger partial charge on any atom is -0.380 e. The Morgan fingerprint density at radius 2 is 2.00 bits per heavy atom. The standard InChI is InChI=1S/C9H16OS/c1-2-6-10-8-9(4-1)5-3-7-11-9/h1-8H2. The van der Waals surface area contributed by atoms with Crippen LogP contribution in [-0.4, -0.2) is 23.7 Å². The van der Waals surface area contributed by atoms with Gasteiger partial charge in [-0.3, -0.25) is 0 Å². The molecule has 2 saturated heterocycles. The maximum absolute atomic E-state index is 5.61. The van der Waals surface area contributed by atoms with Crippen LogP contribution in [0.5, 0.6) is 0 Å². The molecule has 0 aromatic rings. The molecule has 2 aliphatic heterocycles. The summed E-state index contributed by atoms with van der Waals surface area (Å²) in [6.07, 6.45) is 6.87. The summed E-state index contributed by atoms with van der Waals surface area (Å²) in [5.74, 6) is 1.36. The Kier molecular flexibility index (Phi) is 2.42. The van der Waals surface area contributed by atoms with Crippen LogP contribution < -0.4 is 0 Å². The molecule has 0 aliphatic carbocycles. The normalized spacial score (nSPS) is 39.3. The first-order chi connectivity index (χ1) is 5.41. The molecule has 64 valence electrons. The first-order valence-corrected chi connectivity index (χ1v) is 5.62. The van der Waals surface area contributed by atoms with Gasteiger partial charge in [0.25, 0.3) is 0 Å². The molecule has 2 heterocycles. The molecule has 2 fully saturated rings. The maximum Gasteiger partial charge on any atom is 0.0613 e. The molecule has 1 unspecified atom stereocenters. The lowest BCUT2D eigenvalue weighted by molar-refractivity contribution is 0.125. The lowest BCUT2D eigenvalue weighted by Gasteiger charge is -2.24. The van der Waals surface area contributed by atoms with Crippen molar-refractivity contribution in [2.24, 2.45) is 0 Å². The highest BCUT2D eigenvalue weighted by molar-refractivity contribution is 8.00. The molecule has 11 heavy (non-hydrogen) atoms. The molecule has 1 atom stereocenters. The van der Waals surface area contributed by atoms with Gasteiger partial charge in [0.1, 0.15) is 0 Å². The Bertz CT molecular complexity index is 120. The molecule has 0 amide bonds. The lowest BCUT2D eigenvalue weighted by atomic mass is 9.98. The molecule has 0 N–H and O–H groups in total. The second-order valence-electron chi connectivity index (χ2n) is 3.64. The van der Waals surface area contributed by atoms with Crippen molar-refractivity contribution >= 4 is 11.8 Å². The fraction of sp³-hybridized carbons (Fsp3) is 1.00. The molecule has 0 radical (unpaired) electrons. The topological polar surface area (TPSA) is 9.23 Å². The first kappa shape index (κ1) is 7.93. The molecule has 1 spiro atoms. The molecule has 0 saturated carbocycles. The molecule has 2 rings (SSSR count). The Balaban J connectivity index is 1.97. The van der Waals surface area contributed by atoms with Crippen LogP contribution in [0.15, 0.2) is 0 Å². The molecule has 2 heteroatoms. The molecular weight excluding hydrogens is 156 g/mol. The van der Waals surface area contributed by atoms with Gasteiger partial charge in [-0.05, 0) is 37.9 Å². The van der Waals surface area contributed by atoms with Crippen LogP contribution in [0.3, 0.4) is 0 Å². The number of ether oxygens (including phenoxy) is 1. The van der Waals surface area contributed by atoms with E-state index < -0.39 is 0 Å². The van der Waals surface area contributed by atoms with E-state index in [1.54, 1.807) is 0 Å².